The average molecular weight is 425 g/mol. The number of hydrogen-bond acceptors (Lipinski definition) is 5. The lowest BCUT2D eigenvalue weighted by molar-refractivity contribution is -0.148. The molecule has 1 aromatic heterocycles. The molecule has 30 heavy (non-hydrogen) atoms. The van der Waals surface area contributed by atoms with Crippen molar-refractivity contribution in [1.82, 2.24) is 4.98 Å². The van der Waals surface area contributed by atoms with Gasteiger partial charge in [-0.15, -0.1) is 0 Å². The highest BCUT2D eigenvalue weighted by molar-refractivity contribution is 6.31. The summed E-state index contributed by atoms with van der Waals surface area (Å²) in [6, 6.07) is 12.8. The molecule has 7 heteroatoms. The largest absolute Gasteiger partial charge is 0.495 e. The van der Waals surface area contributed by atoms with E-state index in [1.165, 1.54) is 20.1 Å². The van der Waals surface area contributed by atoms with Crippen molar-refractivity contribution in [3.8, 4) is 5.75 Å². The Hall–Kier alpha value is -3.38. The highest BCUT2D eigenvalue weighted by atomic mass is 35.5. The van der Waals surface area contributed by atoms with Crippen LogP contribution in [-0.2, 0) is 14.3 Å². The molecular weight excluding hydrogens is 404 g/mol. The number of aromatic nitrogens is 1. The third kappa shape index (κ3) is 4.96. The maximum atomic E-state index is 12.5. The number of carbonyl (C=O) groups is 2. The predicted octanol–water partition coefficient (Wildman–Crippen LogP) is 4.79. The Labute approximate surface area is 179 Å². The fourth-order valence-corrected chi connectivity index (χ4v) is 3.01. The van der Waals surface area contributed by atoms with Crippen molar-refractivity contribution in [2.24, 2.45) is 0 Å². The lowest BCUT2D eigenvalue weighted by Crippen LogP contribution is -2.29. The van der Waals surface area contributed by atoms with Gasteiger partial charge in [-0.1, -0.05) is 35.9 Å². The summed E-state index contributed by atoms with van der Waals surface area (Å²) in [6.45, 7) is 3.31. The zero-order valence-corrected chi connectivity index (χ0v) is 17.6. The standard InChI is InChI=1S/C23H21ClN2O4/c1-14-12-19(20(29-3)13-18(14)24)26-23(28)15(2)30-21(27)10-9-17-7-4-6-16-8-5-11-25-22(16)17/h4-13,15H,1-3H3,(H,26,28)/b10-9+/t15-/m1/s1. The average Bonchev–Trinajstić information content (AvgIpc) is 2.74. The second-order valence-corrected chi connectivity index (χ2v) is 7.03. The Balaban J connectivity index is 1.66. The molecule has 0 saturated carbocycles. The molecule has 0 aliphatic heterocycles. The number of halogens is 1. The van der Waals surface area contributed by atoms with E-state index in [1.54, 1.807) is 24.4 Å². The highest BCUT2D eigenvalue weighted by Crippen LogP contribution is 2.31. The van der Waals surface area contributed by atoms with Gasteiger partial charge in [0.25, 0.3) is 5.91 Å². The van der Waals surface area contributed by atoms with Crippen molar-refractivity contribution in [3.05, 3.63) is 70.9 Å². The number of para-hydroxylation sites is 1. The molecule has 0 saturated heterocycles. The van der Waals surface area contributed by atoms with Crippen molar-refractivity contribution in [2.75, 3.05) is 12.4 Å². The number of nitrogens with one attached hydrogen (secondary N) is 1. The molecule has 0 aliphatic rings. The molecule has 154 valence electrons. The number of amides is 1. The number of ether oxygens (including phenoxy) is 2. The first-order valence-corrected chi connectivity index (χ1v) is 9.64. The van der Waals surface area contributed by atoms with Crippen LogP contribution in [0.25, 0.3) is 17.0 Å². The number of aryl methyl sites for hydroxylation is 1. The summed E-state index contributed by atoms with van der Waals surface area (Å²) in [5.74, 6) is -0.700. The van der Waals surface area contributed by atoms with E-state index in [9.17, 15) is 9.59 Å². The second-order valence-electron chi connectivity index (χ2n) is 6.63. The molecule has 3 aromatic rings. The Morgan fingerprint density at radius 1 is 1.20 bits per heavy atom. The first kappa shape index (κ1) is 21.3. The van der Waals surface area contributed by atoms with Gasteiger partial charge < -0.3 is 14.8 Å². The van der Waals surface area contributed by atoms with Gasteiger partial charge in [0.1, 0.15) is 5.75 Å². The van der Waals surface area contributed by atoms with Gasteiger partial charge in [-0.05, 0) is 37.6 Å². The summed E-state index contributed by atoms with van der Waals surface area (Å²) >= 11 is 6.08. The summed E-state index contributed by atoms with van der Waals surface area (Å²) in [7, 11) is 1.48. The van der Waals surface area contributed by atoms with E-state index in [4.69, 9.17) is 21.1 Å². The van der Waals surface area contributed by atoms with E-state index in [0.29, 0.717) is 16.5 Å². The van der Waals surface area contributed by atoms with Crippen molar-refractivity contribution < 1.29 is 19.1 Å². The van der Waals surface area contributed by atoms with E-state index < -0.39 is 18.0 Å². The van der Waals surface area contributed by atoms with Gasteiger partial charge in [-0.25, -0.2) is 4.79 Å². The monoisotopic (exact) mass is 424 g/mol. The van der Waals surface area contributed by atoms with Gasteiger partial charge in [0.15, 0.2) is 6.10 Å². The minimum atomic E-state index is -1.01. The van der Waals surface area contributed by atoms with Crippen molar-refractivity contribution >= 4 is 46.1 Å². The van der Waals surface area contributed by atoms with Gasteiger partial charge >= 0.3 is 5.97 Å². The number of carbonyl (C=O) groups excluding carboxylic acids is 2. The minimum absolute atomic E-state index is 0.417. The van der Waals surface area contributed by atoms with Crippen LogP contribution in [0.4, 0.5) is 5.69 Å². The van der Waals surface area contributed by atoms with Crippen LogP contribution in [0, 0.1) is 6.92 Å². The Kier molecular flexibility index (Phi) is 6.69. The van der Waals surface area contributed by atoms with Gasteiger partial charge in [-0.3, -0.25) is 9.78 Å². The first-order chi connectivity index (χ1) is 14.4. The maximum absolute atomic E-state index is 12.5. The SMILES string of the molecule is COc1cc(Cl)c(C)cc1NC(=O)[C@@H](C)OC(=O)/C=C/c1cccc2cccnc12. The summed E-state index contributed by atoms with van der Waals surface area (Å²) in [4.78, 5) is 29.0. The lowest BCUT2D eigenvalue weighted by atomic mass is 10.1. The Morgan fingerprint density at radius 2 is 1.97 bits per heavy atom. The lowest BCUT2D eigenvalue weighted by Gasteiger charge is -2.15. The molecule has 6 nitrogen and oxygen atoms in total. The molecule has 0 spiro atoms. The molecule has 2 aromatic carbocycles. The molecule has 0 fully saturated rings. The fraction of sp³-hybridized carbons (Fsp3) is 0.174. The molecule has 0 radical (unpaired) electrons. The van der Waals surface area contributed by atoms with Gasteiger partial charge in [0, 0.05) is 34.3 Å². The quantitative estimate of drug-likeness (QED) is 0.454. The zero-order valence-electron chi connectivity index (χ0n) is 16.8. The van der Waals surface area contributed by atoms with E-state index in [-0.39, 0.29) is 0 Å². The molecule has 0 unspecified atom stereocenters. The van der Waals surface area contributed by atoms with Crippen LogP contribution in [0.3, 0.4) is 0 Å². The van der Waals surface area contributed by atoms with E-state index in [2.05, 4.69) is 10.3 Å². The Bertz CT molecular complexity index is 1120. The maximum Gasteiger partial charge on any atom is 0.331 e. The number of esters is 1. The van der Waals surface area contributed by atoms with Gasteiger partial charge in [0.2, 0.25) is 0 Å². The third-order valence-electron chi connectivity index (χ3n) is 4.46. The molecule has 1 heterocycles. The first-order valence-electron chi connectivity index (χ1n) is 9.26. The molecule has 0 aliphatic carbocycles. The number of methoxy groups -OCH3 is 1. The minimum Gasteiger partial charge on any atom is -0.495 e. The van der Waals surface area contributed by atoms with Crippen LogP contribution in [-0.4, -0.2) is 30.1 Å². The summed E-state index contributed by atoms with van der Waals surface area (Å²) in [5.41, 5.74) is 2.79. The molecule has 3 rings (SSSR count). The van der Waals surface area contributed by atoms with Crippen LogP contribution < -0.4 is 10.1 Å². The van der Waals surface area contributed by atoms with Crippen molar-refractivity contribution in [3.63, 3.8) is 0 Å². The third-order valence-corrected chi connectivity index (χ3v) is 4.87. The fourth-order valence-electron chi connectivity index (χ4n) is 2.85. The summed E-state index contributed by atoms with van der Waals surface area (Å²) in [5, 5.41) is 4.19. The van der Waals surface area contributed by atoms with Crippen LogP contribution in [0.5, 0.6) is 5.75 Å². The number of rotatable bonds is 6. The van der Waals surface area contributed by atoms with Crippen LogP contribution in [0.2, 0.25) is 5.02 Å². The molecule has 1 N–H and O–H groups in total. The van der Waals surface area contributed by atoms with Gasteiger partial charge in [-0.2, -0.15) is 0 Å². The second kappa shape index (κ2) is 9.41. The predicted molar refractivity (Wildman–Crippen MR) is 118 cm³/mol. The number of nitrogens with zero attached hydrogens (tertiary/aromatic N) is 1. The number of hydrogen-bond donors (Lipinski definition) is 1. The zero-order chi connectivity index (χ0) is 21.7. The van der Waals surface area contributed by atoms with E-state index in [1.807, 2.05) is 37.3 Å². The normalized spacial score (nSPS) is 12.0. The van der Waals surface area contributed by atoms with Crippen molar-refractivity contribution in [2.45, 2.75) is 20.0 Å². The Morgan fingerprint density at radius 3 is 2.73 bits per heavy atom. The molecular formula is C23H21ClN2O4. The molecule has 0 bridgehead atoms. The highest BCUT2D eigenvalue weighted by Gasteiger charge is 2.19. The van der Waals surface area contributed by atoms with Gasteiger partial charge in [0.05, 0.1) is 18.3 Å². The van der Waals surface area contributed by atoms with Crippen LogP contribution in [0.1, 0.15) is 18.1 Å². The number of fused-ring (bicyclic) bond motifs is 1. The topological polar surface area (TPSA) is 77.5 Å². The smallest absolute Gasteiger partial charge is 0.331 e. The number of benzene rings is 2. The molecule has 1 amide bonds. The summed E-state index contributed by atoms with van der Waals surface area (Å²) in [6.07, 6.45) is 3.58. The van der Waals surface area contributed by atoms with Crippen LogP contribution in [0.15, 0.2) is 54.7 Å². The molecule has 1 atom stereocenters. The number of pyridine rings is 1. The van der Waals surface area contributed by atoms with E-state index >= 15 is 0 Å². The number of anilines is 1. The van der Waals surface area contributed by atoms with Crippen LogP contribution >= 0.6 is 11.6 Å². The summed E-state index contributed by atoms with van der Waals surface area (Å²) < 4.78 is 10.5. The van der Waals surface area contributed by atoms with E-state index in [0.717, 1.165) is 22.0 Å². The van der Waals surface area contributed by atoms with Crippen molar-refractivity contribution in [1.29, 1.82) is 0 Å².